The standard InChI is InChI=1S/C25H26ClF3N4O/c1-15(2)33(11-10-22(34)30-14-16-4-3-5-18(12-16)25(27,28)29)24-20-9-8-19(26)13-21(20)31-23(32-24)17-6-7-17/h3-5,8-9,12-13,15,17H,6-7,10-11,14H2,1-2H3,(H,30,34). The van der Waals surface area contributed by atoms with Crippen molar-refractivity contribution in [2.45, 2.75) is 57.8 Å². The zero-order valence-electron chi connectivity index (χ0n) is 19.0. The van der Waals surface area contributed by atoms with E-state index in [9.17, 15) is 18.0 Å². The van der Waals surface area contributed by atoms with Gasteiger partial charge < -0.3 is 10.2 Å². The quantitative estimate of drug-likeness (QED) is 0.414. The highest BCUT2D eigenvalue weighted by Crippen LogP contribution is 2.40. The highest BCUT2D eigenvalue weighted by atomic mass is 35.5. The second-order valence-corrected chi connectivity index (χ2v) is 9.29. The van der Waals surface area contributed by atoms with E-state index >= 15 is 0 Å². The number of nitrogens with one attached hydrogen (secondary N) is 1. The third-order valence-corrected chi connectivity index (χ3v) is 6.05. The van der Waals surface area contributed by atoms with Gasteiger partial charge in [-0.2, -0.15) is 13.2 Å². The molecule has 1 saturated carbocycles. The van der Waals surface area contributed by atoms with E-state index in [1.807, 2.05) is 26.0 Å². The molecule has 5 nitrogen and oxygen atoms in total. The van der Waals surface area contributed by atoms with Gasteiger partial charge in [0, 0.05) is 41.9 Å². The zero-order valence-corrected chi connectivity index (χ0v) is 19.7. The molecule has 180 valence electrons. The van der Waals surface area contributed by atoms with E-state index in [0.717, 1.165) is 47.5 Å². The second kappa shape index (κ2) is 9.78. The number of carbonyl (C=O) groups is 1. The lowest BCUT2D eigenvalue weighted by Crippen LogP contribution is -2.36. The molecule has 1 aliphatic carbocycles. The average Bonchev–Trinajstić information content (AvgIpc) is 3.62. The first-order valence-corrected chi connectivity index (χ1v) is 11.7. The van der Waals surface area contributed by atoms with Crippen LogP contribution >= 0.6 is 11.6 Å². The Hall–Kier alpha value is -2.87. The van der Waals surface area contributed by atoms with E-state index in [-0.39, 0.29) is 24.9 Å². The van der Waals surface area contributed by atoms with Gasteiger partial charge in [0.25, 0.3) is 0 Å². The van der Waals surface area contributed by atoms with Gasteiger partial charge in [0.15, 0.2) is 0 Å². The summed E-state index contributed by atoms with van der Waals surface area (Å²) in [5.74, 6) is 1.67. The molecule has 0 spiro atoms. The van der Waals surface area contributed by atoms with Crippen molar-refractivity contribution >= 4 is 34.2 Å². The number of carbonyl (C=O) groups excluding carboxylic acids is 1. The van der Waals surface area contributed by atoms with Crippen LogP contribution in [0.15, 0.2) is 42.5 Å². The maximum absolute atomic E-state index is 12.9. The Morgan fingerprint density at radius 3 is 2.62 bits per heavy atom. The van der Waals surface area contributed by atoms with Crippen LogP contribution in [0.1, 0.15) is 56.0 Å². The predicted molar refractivity (Wildman–Crippen MR) is 127 cm³/mol. The average molecular weight is 491 g/mol. The fraction of sp³-hybridized carbons (Fsp3) is 0.400. The summed E-state index contributed by atoms with van der Waals surface area (Å²) in [6.45, 7) is 4.50. The van der Waals surface area contributed by atoms with E-state index in [1.54, 1.807) is 12.1 Å². The van der Waals surface area contributed by atoms with E-state index in [0.29, 0.717) is 23.0 Å². The highest BCUT2D eigenvalue weighted by Gasteiger charge is 2.30. The summed E-state index contributed by atoms with van der Waals surface area (Å²) in [7, 11) is 0. The molecule has 0 saturated heterocycles. The Kier molecular flexibility index (Phi) is 6.98. The monoisotopic (exact) mass is 490 g/mol. The van der Waals surface area contributed by atoms with Gasteiger partial charge in [-0.3, -0.25) is 4.79 Å². The van der Waals surface area contributed by atoms with Crippen LogP contribution in [0, 0.1) is 0 Å². The van der Waals surface area contributed by atoms with Crippen molar-refractivity contribution in [2.75, 3.05) is 11.4 Å². The van der Waals surface area contributed by atoms with Crippen LogP contribution in [0.2, 0.25) is 5.02 Å². The summed E-state index contributed by atoms with van der Waals surface area (Å²) in [4.78, 5) is 24.2. The van der Waals surface area contributed by atoms with Crippen LogP contribution in [0.25, 0.3) is 10.9 Å². The molecule has 1 N–H and O–H groups in total. The van der Waals surface area contributed by atoms with Gasteiger partial charge in [-0.15, -0.1) is 0 Å². The minimum Gasteiger partial charge on any atom is -0.353 e. The summed E-state index contributed by atoms with van der Waals surface area (Å²) in [6, 6.07) is 10.6. The van der Waals surface area contributed by atoms with Gasteiger partial charge in [-0.05, 0) is 62.6 Å². The van der Waals surface area contributed by atoms with E-state index < -0.39 is 11.7 Å². The van der Waals surface area contributed by atoms with Crippen LogP contribution < -0.4 is 10.2 Å². The lowest BCUT2D eigenvalue weighted by Gasteiger charge is -2.29. The number of aromatic nitrogens is 2. The number of fused-ring (bicyclic) bond motifs is 1. The Morgan fingerprint density at radius 1 is 1.18 bits per heavy atom. The largest absolute Gasteiger partial charge is 0.416 e. The lowest BCUT2D eigenvalue weighted by atomic mass is 10.1. The van der Waals surface area contributed by atoms with Crippen LogP contribution in [-0.4, -0.2) is 28.5 Å². The van der Waals surface area contributed by atoms with E-state index in [4.69, 9.17) is 21.6 Å². The zero-order chi connectivity index (χ0) is 24.5. The van der Waals surface area contributed by atoms with Gasteiger partial charge in [0.2, 0.25) is 5.91 Å². The third-order valence-electron chi connectivity index (χ3n) is 5.82. The molecule has 1 amide bonds. The molecule has 0 aliphatic heterocycles. The fourth-order valence-corrected chi connectivity index (χ4v) is 3.99. The molecule has 34 heavy (non-hydrogen) atoms. The van der Waals surface area contributed by atoms with Crippen LogP contribution in [0.3, 0.4) is 0 Å². The van der Waals surface area contributed by atoms with Gasteiger partial charge >= 0.3 is 6.18 Å². The molecule has 1 aromatic heterocycles. The first kappa shape index (κ1) is 24.3. The molecule has 0 unspecified atom stereocenters. The minimum atomic E-state index is -4.42. The highest BCUT2D eigenvalue weighted by molar-refractivity contribution is 6.31. The molecular weight excluding hydrogens is 465 g/mol. The first-order chi connectivity index (χ1) is 16.1. The van der Waals surface area contributed by atoms with Crippen molar-refractivity contribution < 1.29 is 18.0 Å². The SMILES string of the molecule is CC(C)N(CCC(=O)NCc1cccc(C(F)(F)F)c1)c1nc(C2CC2)nc2cc(Cl)ccc12. The number of halogens is 4. The van der Waals surface area contributed by atoms with Crippen LogP contribution in [-0.2, 0) is 17.5 Å². The smallest absolute Gasteiger partial charge is 0.353 e. The Morgan fingerprint density at radius 2 is 1.94 bits per heavy atom. The summed E-state index contributed by atoms with van der Waals surface area (Å²) < 4.78 is 38.8. The molecule has 9 heteroatoms. The number of anilines is 1. The fourth-order valence-electron chi connectivity index (χ4n) is 3.82. The van der Waals surface area contributed by atoms with Crippen molar-refractivity contribution in [1.29, 1.82) is 0 Å². The Bertz CT molecular complexity index is 1190. The summed E-state index contributed by atoms with van der Waals surface area (Å²) in [6.07, 6.45) is -2.12. The van der Waals surface area contributed by atoms with Crippen molar-refractivity contribution in [2.24, 2.45) is 0 Å². The molecule has 0 atom stereocenters. The maximum atomic E-state index is 12.9. The van der Waals surface area contributed by atoms with Crippen molar-refractivity contribution in [1.82, 2.24) is 15.3 Å². The van der Waals surface area contributed by atoms with Crippen LogP contribution in [0.4, 0.5) is 19.0 Å². The van der Waals surface area contributed by atoms with Gasteiger partial charge in [0.05, 0.1) is 11.1 Å². The number of hydrogen-bond donors (Lipinski definition) is 1. The molecule has 1 aliphatic rings. The number of rotatable bonds is 8. The van der Waals surface area contributed by atoms with Crippen molar-refractivity contribution in [3.05, 3.63) is 64.4 Å². The molecular formula is C25H26ClF3N4O. The van der Waals surface area contributed by atoms with Crippen molar-refractivity contribution in [3.8, 4) is 0 Å². The Labute approximate surface area is 201 Å². The molecule has 4 rings (SSSR count). The van der Waals surface area contributed by atoms with Gasteiger partial charge in [0.1, 0.15) is 11.6 Å². The number of hydrogen-bond acceptors (Lipinski definition) is 4. The molecule has 0 bridgehead atoms. The molecule has 0 radical (unpaired) electrons. The molecule has 3 aromatic rings. The van der Waals surface area contributed by atoms with Gasteiger partial charge in [-0.25, -0.2) is 9.97 Å². The number of amides is 1. The third kappa shape index (κ3) is 5.78. The summed E-state index contributed by atoms with van der Waals surface area (Å²) in [5, 5.41) is 4.19. The summed E-state index contributed by atoms with van der Waals surface area (Å²) in [5.41, 5.74) is 0.447. The molecule has 1 fully saturated rings. The molecule has 1 heterocycles. The lowest BCUT2D eigenvalue weighted by molar-refractivity contribution is -0.137. The van der Waals surface area contributed by atoms with E-state index in [2.05, 4.69) is 10.2 Å². The van der Waals surface area contributed by atoms with Crippen LogP contribution in [0.5, 0.6) is 0 Å². The molecule has 2 aromatic carbocycles. The number of alkyl halides is 3. The van der Waals surface area contributed by atoms with Gasteiger partial charge in [-0.1, -0.05) is 23.7 Å². The second-order valence-electron chi connectivity index (χ2n) is 8.85. The summed E-state index contributed by atoms with van der Waals surface area (Å²) >= 11 is 6.19. The topological polar surface area (TPSA) is 58.1 Å². The minimum absolute atomic E-state index is 0.0329. The van der Waals surface area contributed by atoms with E-state index in [1.165, 1.54) is 6.07 Å². The van der Waals surface area contributed by atoms with Crippen molar-refractivity contribution in [3.63, 3.8) is 0 Å². The Balaban J connectivity index is 1.47. The maximum Gasteiger partial charge on any atom is 0.416 e. The normalized spacial score (nSPS) is 14.0. The predicted octanol–water partition coefficient (Wildman–Crippen LogP) is 6.10. The number of nitrogens with zero attached hydrogens (tertiary/aromatic N) is 3. The number of benzene rings is 2. The first-order valence-electron chi connectivity index (χ1n) is 11.3.